The molecule has 0 saturated carbocycles. The van der Waals surface area contributed by atoms with Crippen molar-refractivity contribution in [1.29, 1.82) is 0 Å². The summed E-state index contributed by atoms with van der Waals surface area (Å²) in [5, 5.41) is 19.8. The summed E-state index contributed by atoms with van der Waals surface area (Å²) in [4.78, 5) is 21.7. The molecule has 0 aromatic heterocycles. The van der Waals surface area contributed by atoms with Crippen molar-refractivity contribution >= 4 is 12.1 Å². The number of halogens is 3. The predicted molar refractivity (Wildman–Crippen MR) is 59.0 cm³/mol. The van der Waals surface area contributed by atoms with Crippen LogP contribution in [0.2, 0.25) is 0 Å². The Bertz CT molecular complexity index is 363. The molecule has 2 heterocycles. The van der Waals surface area contributed by atoms with Crippen LogP contribution in [-0.2, 0) is 9.53 Å². The molecule has 0 unspecified atom stereocenters. The van der Waals surface area contributed by atoms with Crippen molar-refractivity contribution in [2.45, 2.75) is 24.7 Å². The summed E-state index contributed by atoms with van der Waals surface area (Å²) in [7, 11) is 0. The van der Waals surface area contributed by atoms with Crippen molar-refractivity contribution in [2.24, 2.45) is 0 Å². The minimum absolute atomic E-state index is 0.0590. The SMILES string of the molecule is O=C(O)C(F)(F)F.O=C1OCCN1[C@@H]1CCNC[C@H]1O. The fraction of sp³-hybridized carbons (Fsp3) is 0.800. The molecule has 7 nitrogen and oxygen atoms in total. The zero-order valence-corrected chi connectivity index (χ0v) is 10.4. The topological polar surface area (TPSA) is 99.1 Å². The summed E-state index contributed by atoms with van der Waals surface area (Å²) in [5.41, 5.74) is 0. The number of nitrogens with zero attached hydrogens (tertiary/aromatic N) is 1. The molecule has 2 aliphatic heterocycles. The lowest BCUT2D eigenvalue weighted by Gasteiger charge is -2.33. The molecule has 0 spiro atoms. The maximum Gasteiger partial charge on any atom is 0.490 e. The van der Waals surface area contributed by atoms with Crippen LogP contribution in [0.5, 0.6) is 0 Å². The molecule has 2 rings (SSSR count). The zero-order valence-electron chi connectivity index (χ0n) is 10.4. The zero-order chi connectivity index (χ0) is 15.3. The van der Waals surface area contributed by atoms with Gasteiger partial charge in [0.1, 0.15) is 6.61 Å². The fourth-order valence-electron chi connectivity index (χ4n) is 1.90. The number of piperidine rings is 1. The van der Waals surface area contributed by atoms with Gasteiger partial charge in [0.05, 0.1) is 18.7 Å². The van der Waals surface area contributed by atoms with Crippen molar-refractivity contribution < 1.29 is 37.7 Å². The first-order valence-electron chi connectivity index (χ1n) is 5.85. The summed E-state index contributed by atoms with van der Waals surface area (Å²) < 4.78 is 36.6. The molecular formula is C10H15F3N2O5. The predicted octanol–water partition coefficient (Wildman–Crippen LogP) is -0.205. The number of aliphatic carboxylic acids is 1. The van der Waals surface area contributed by atoms with Gasteiger partial charge in [-0.05, 0) is 13.0 Å². The Morgan fingerprint density at radius 2 is 2.05 bits per heavy atom. The normalized spacial score (nSPS) is 26.6. The number of aliphatic hydroxyl groups is 1. The number of rotatable bonds is 1. The van der Waals surface area contributed by atoms with E-state index >= 15 is 0 Å². The number of nitrogens with one attached hydrogen (secondary N) is 1. The second kappa shape index (κ2) is 6.75. The van der Waals surface area contributed by atoms with Crippen LogP contribution in [0.25, 0.3) is 0 Å². The van der Waals surface area contributed by atoms with E-state index in [1.807, 2.05) is 0 Å². The Hall–Kier alpha value is -1.55. The number of carbonyl (C=O) groups is 2. The van der Waals surface area contributed by atoms with Gasteiger partial charge in [-0.2, -0.15) is 13.2 Å². The van der Waals surface area contributed by atoms with Crippen molar-refractivity contribution in [3.8, 4) is 0 Å². The standard InChI is InChI=1S/C8H14N2O3.C2HF3O2/c11-7-5-9-2-1-6(7)10-3-4-13-8(10)12;3-2(4,5)1(6)7/h6-7,9,11H,1-5H2;(H,6,7)/t6-,7-;/m1./s1. The second-order valence-corrected chi connectivity index (χ2v) is 4.24. The Morgan fingerprint density at radius 3 is 2.45 bits per heavy atom. The first kappa shape index (κ1) is 16.5. The van der Waals surface area contributed by atoms with Gasteiger partial charge >= 0.3 is 18.2 Å². The highest BCUT2D eigenvalue weighted by molar-refractivity contribution is 5.73. The molecular weight excluding hydrogens is 285 g/mol. The fourth-order valence-corrected chi connectivity index (χ4v) is 1.90. The van der Waals surface area contributed by atoms with Crippen LogP contribution in [0.4, 0.5) is 18.0 Å². The van der Waals surface area contributed by atoms with Crippen LogP contribution in [0.15, 0.2) is 0 Å². The average Bonchev–Trinajstić information content (AvgIpc) is 2.75. The van der Waals surface area contributed by atoms with Gasteiger partial charge in [0.15, 0.2) is 0 Å². The lowest BCUT2D eigenvalue weighted by atomic mass is 10.0. The second-order valence-electron chi connectivity index (χ2n) is 4.24. The van der Waals surface area contributed by atoms with Gasteiger partial charge in [-0.15, -0.1) is 0 Å². The Morgan fingerprint density at radius 1 is 1.45 bits per heavy atom. The van der Waals surface area contributed by atoms with E-state index in [2.05, 4.69) is 5.32 Å². The molecule has 0 bridgehead atoms. The maximum absolute atomic E-state index is 11.2. The third-order valence-electron chi connectivity index (χ3n) is 2.85. The highest BCUT2D eigenvalue weighted by atomic mass is 19.4. The molecule has 0 aromatic rings. The van der Waals surface area contributed by atoms with Crippen LogP contribution in [-0.4, -0.2) is 71.7 Å². The number of hydrogen-bond donors (Lipinski definition) is 3. The van der Waals surface area contributed by atoms with Crippen molar-refractivity contribution in [3.63, 3.8) is 0 Å². The first-order chi connectivity index (χ1) is 9.23. The van der Waals surface area contributed by atoms with E-state index in [1.54, 1.807) is 4.90 Å². The molecule has 10 heteroatoms. The lowest BCUT2D eigenvalue weighted by molar-refractivity contribution is -0.192. The van der Waals surface area contributed by atoms with E-state index in [9.17, 15) is 23.1 Å². The van der Waals surface area contributed by atoms with Crippen LogP contribution in [0, 0.1) is 0 Å². The van der Waals surface area contributed by atoms with Gasteiger partial charge < -0.3 is 20.3 Å². The Kier molecular flexibility index (Phi) is 5.57. The van der Waals surface area contributed by atoms with E-state index in [1.165, 1.54) is 0 Å². The van der Waals surface area contributed by atoms with Gasteiger partial charge in [-0.1, -0.05) is 0 Å². The van der Waals surface area contributed by atoms with Crippen LogP contribution < -0.4 is 5.32 Å². The monoisotopic (exact) mass is 300 g/mol. The van der Waals surface area contributed by atoms with Gasteiger partial charge in [0, 0.05) is 6.54 Å². The molecule has 2 atom stereocenters. The van der Waals surface area contributed by atoms with Crippen LogP contribution >= 0.6 is 0 Å². The van der Waals surface area contributed by atoms with Gasteiger partial charge in [0.2, 0.25) is 0 Å². The largest absolute Gasteiger partial charge is 0.490 e. The molecule has 2 fully saturated rings. The van der Waals surface area contributed by atoms with Gasteiger partial charge in [-0.25, -0.2) is 9.59 Å². The number of ether oxygens (including phenoxy) is 1. The lowest BCUT2D eigenvalue weighted by Crippen LogP contribution is -2.53. The molecule has 3 N–H and O–H groups in total. The van der Waals surface area contributed by atoms with Crippen molar-refractivity contribution in [1.82, 2.24) is 10.2 Å². The van der Waals surface area contributed by atoms with E-state index in [4.69, 9.17) is 14.6 Å². The molecule has 0 aromatic carbocycles. The number of carbonyl (C=O) groups excluding carboxylic acids is 1. The van der Waals surface area contributed by atoms with Gasteiger partial charge in [-0.3, -0.25) is 4.90 Å². The summed E-state index contributed by atoms with van der Waals surface area (Å²) >= 11 is 0. The number of aliphatic hydroxyl groups excluding tert-OH is 1. The highest BCUT2D eigenvalue weighted by Crippen LogP contribution is 2.16. The average molecular weight is 300 g/mol. The maximum atomic E-state index is 11.2. The Labute approximate surface area is 112 Å². The number of alkyl halides is 3. The Balaban J connectivity index is 0.000000246. The number of cyclic esters (lactones) is 1. The molecule has 1 amide bonds. The minimum Gasteiger partial charge on any atom is -0.475 e. The van der Waals surface area contributed by atoms with Gasteiger partial charge in [0.25, 0.3) is 0 Å². The van der Waals surface area contributed by atoms with E-state index in [-0.39, 0.29) is 12.1 Å². The minimum atomic E-state index is -5.08. The number of hydrogen-bond acceptors (Lipinski definition) is 5. The van der Waals surface area contributed by atoms with Crippen molar-refractivity contribution in [3.05, 3.63) is 0 Å². The first-order valence-corrected chi connectivity index (χ1v) is 5.85. The number of amides is 1. The summed E-state index contributed by atoms with van der Waals surface area (Å²) in [6, 6.07) is -0.0590. The quantitative estimate of drug-likeness (QED) is 0.620. The third-order valence-corrected chi connectivity index (χ3v) is 2.85. The highest BCUT2D eigenvalue weighted by Gasteiger charge is 2.38. The van der Waals surface area contributed by atoms with E-state index < -0.39 is 18.2 Å². The summed E-state index contributed by atoms with van der Waals surface area (Å²) in [6.07, 6.45) is -5.03. The molecule has 116 valence electrons. The smallest absolute Gasteiger partial charge is 0.475 e. The summed E-state index contributed by atoms with van der Waals surface area (Å²) in [6.45, 7) is 2.48. The molecule has 2 saturated heterocycles. The van der Waals surface area contributed by atoms with Crippen LogP contribution in [0.1, 0.15) is 6.42 Å². The number of carboxylic acids is 1. The number of carboxylic acid groups (broad SMARTS) is 1. The van der Waals surface area contributed by atoms with Crippen LogP contribution in [0.3, 0.4) is 0 Å². The van der Waals surface area contributed by atoms with E-state index in [0.717, 1.165) is 13.0 Å². The van der Waals surface area contributed by atoms with E-state index in [0.29, 0.717) is 19.7 Å². The summed E-state index contributed by atoms with van der Waals surface area (Å²) in [5.74, 6) is -2.76. The molecule has 0 radical (unpaired) electrons. The number of β-amino-alcohol motifs (C(OH)–C–C–N with tert-alkyl or cyclic N) is 1. The third kappa shape index (κ3) is 4.53. The molecule has 20 heavy (non-hydrogen) atoms. The molecule has 2 aliphatic rings. The van der Waals surface area contributed by atoms with Crippen molar-refractivity contribution in [2.75, 3.05) is 26.2 Å². The molecule has 0 aliphatic carbocycles.